The zero-order chi connectivity index (χ0) is 19.0. The fourth-order valence-electron chi connectivity index (χ4n) is 1.92. The number of benzene rings is 1. The van der Waals surface area contributed by atoms with Gasteiger partial charge < -0.3 is 10.1 Å². The number of ether oxygens (including phenoxy) is 1. The van der Waals surface area contributed by atoms with Crippen LogP contribution in [0, 0.1) is 0 Å². The minimum absolute atomic E-state index is 0.0603. The lowest BCUT2D eigenvalue weighted by molar-refractivity contribution is -0.123. The number of urea groups is 1. The van der Waals surface area contributed by atoms with Crippen LogP contribution in [0.4, 0.5) is 4.79 Å². The molecule has 0 aliphatic heterocycles. The summed E-state index contributed by atoms with van der Waals surface area (Å²) in [5.41, 5.74) is 0.0891. The number of nitrogens with zero attached hydrogens (tertiary/aromatic N) is 1. The minimum Gasteiger partial charge on any atom is -0.452 e. The lowest BCUT2D eigenvalue weighted by Gasteiger charge is -2.18. The van der Waals surface area contributed by atoms with Gasteiger partial charge in [0.15, 0.2) is 6.61 Å². The van der Waals surface area contributed by atoms with Crippen molar-refractivity contribution in [3.05, 3.63) is 29.8 Å². The number of imide groups is 1. The summed E-state index contributed by atoms with van der Waals surface area (Å²) in [7, 11) is -2.28. The van der Waals surface area contributed by atoms with Crippen molar-refractivity contribution in [2.45, 2.75) is 18.7 Å². The zero-order valence-corrected chi connectivity index (χ0v) is 15.1. The Hall–Kier alpha value is -2.46. The molecule has 0 aliphatic carbocycles. The number of sulfonamides is 1. The highest BCUT2D eigenvalue weighted by atomic mass is 32.2. The molecule has 1 aromatic rings. The Morgan fingerprint density at radius 2 is 1.64 bits per heavy atom. The number of hydrogen-bond donors (Lipinski definition) is 2. The molecule has 0 saturated heterocycles. The summed E-state index contributed by atoms with van der Waals surface area (Å²) < 4.78 is 30.7. The lowest BCUT2D eigenvalue weighted by Crippen LogP contribution is -2.39. The van der Waals surface area contributed by atoms with Crippen LogP contribution in [0.3, 0.4) is 0 Å². The van der Waals surface area contributed by atoms with Crippen molar-refractivity contribution in [3.8, 4) is 0 Å². The maximum Gasteiger partial charge on any atom is 0.338 e. The van der Waals surface area contributed by atoms with Crippen molar-refractivity contribution < 1.29 is 27.5 Å². The van der Waals surface area contributed by atoms with Gasteiger partial charge in [-0.25, -0.2) is 18.0 Å². The number of rotatable bonds is 7. The van der Waals surface area contributed by atoms with Gasteiger partial charge in [0.05, 0.1) is 10.5 Å². The molecule has 0 saturated carbocycles. The van der Waals surface area contributed by atoms with Gasteiger partial charge >= 0.3 is 12.0 Å². The van der Waals surface area contributed by atoms with E-state index < -0.39 is 34.5 Å². The van der Waals surface area contributed by atoms with Crippen LogP contribution < -0.4 is 10.6 Å². The first kappa shape index (κ1) is 20.6. The Morgan fingerprint density at radius 3 is 2.12 bits per heavy atom. The van der Waals surface area contributed by atoms with Crippen molar-refractivity contribution in [2.24, 2.45) is 0 Å². The predicted octanol–water partition coefficient (Wildman–Crippen LogP) is 0.330. The molecule has 0 fully saturated rings. The molecule has 0 spiro atoms. The summed E-state index contributed by atoms with van der Waals surface area (Å²) >= 11 is 0. The Balaban J connectivity index is 2.74. The first-order chi connectivity index (χ1) is 11.8. The number of carbonyl (C=O) groups is 3. The second-order valence-corrected chi connectivity index (χ2v) is 6.76. The lowest BCUT2D eigenvalue weighted by atomic mass is 10.2. The Kier molecular flexibility index (Phi) is 7.52. The van der Waals surface area contributed by atoms with E-state index in [1.165, 1.54) is 35.6 Å². The maximum absolute atomic E-state index is 12.3. The average Bonchev–Trinajstić information content (AvgIpc) is 2.60. The van der Waals surface area contributed by atoms with Gasteiger partial charge in [0, 0.05) is 20.1 Å². The van der Waals surface area contributed by atoms with Crippen LogP contribution in [0.15, 0.2) is 29.2 Å². The van der Waals surface area contributed by atoms with Crippen LogP contribution >= 0.6 is 0 Å². The molecule has 10 heteroatoms. The van der Waals surface area contributed by atoms with Crippen LogP contribution in [0.2, 0.25) is 0 Å². The van der Waals surface area contributed by atoms with E-state index in [4.69, 9.17) is 4.74 Å². The summed E-state index contributed by atoms with van der Waals surface area (Å²) in [6, 6.07) is 4.49. The molecule has 0 aromatic heterocycles. The molecule has 3 amide bonds. The normalized spacial score (nSPS) is 11.0. The SMILES string of the molecule is CCN(CC)S(=O)(=O)c1ccc(C(=O)OCC(=O)NC(=O)NC)cc1. The molecule has 0 heterocycles. The molecule has 0 radical (unpaired) electrons. The Morgan fingerprint density at radius 1 is 1.08 bits per heavy atom. The summed E-state index contributed by atoms with van der Waals surface area (Å²) in [5, 5.41) is 4.12. The van der Waals surface area contributed by atoms with Gasteiger partial charge in [-0.2, -0.15) is 4.31 Å². The number of hydrogen-bond acceptors (Lipinski definition) is 6. The third-order valence-electron chi connectivity index (χ3n) is 3.25. The zero-order valence-electron chi connectivity index (χ0n) is 14.2. The van der Waals surface area contributed by atoms with Gasteiger partial charge in [-0.3, -0.25) is 10.1 Å². The number of nitrogens with one attached hydrogen (secondary N) is 2. The topological polar surface area (TPSA) is 122 Å². The fourth-order valence-corrected chi connectivity index (χ4v) is 3.37. The molecular weight excluding hydrogens is 350 g/mol. The molecule has 0 bridgehead atoms. The number of amides is 3. The van der Waals surface area contributed by atoms with Crippen LogP contribution in [0.5, 0.6) is 0 Å². The van der Waals surface area contributed by atoms with Crippen molar-refractivity contribution in [1.29, 1.82) is 0 Å². The van der Waals surface area contributed by atoms with E-state index in [-0.39, 0.29) is 10.5 Å². The van der Waals surface area contributed by atoms with E-state index >= 15 is 0 Å². The van der Waals surface area contributed by atoms with E-state index in [1.807, 2.05) is 5.32 Å². The molecule has 9 nitrogen and oxygen atoms in total. The van der Waals surface area contributed by atoms with Gasteiger partial charge in [0.25, 0.3) is 5.91 Å². The second-order valence-electron chi connectivity index (χ2n) is 4.82. The van der Waals surface area contributed by atoms with Gasteiger partial charge in [-0.05, 0) is 24.3 Å². The van der Waals surface area contributed by atoms with Crippen LogP contribution in [-0.4, -0.2) is 57.4 Å². The first-order valence-electron chi connectivity index (χ1n) is 7.55. The van der Waals surface area contributed by atoms with E-state index in [9.17, 15) is 22.8 Å². The second kappa shape index (κ2) is 9.14. The summed E-state index contributed by atoms with van der Waals surface area (Å²) in [4.78, 5) is 34.2. The van der Waals surface area contributed by atoms with Crippen molar-refractivity contribution in [2.75, 3.05) is 26.7 Å². The first-order valence-corrected chi connectivity index (χ1v) is 8.99. The van der Waals surface area contributed by atoms with Crippen LogP contribution in [-0.2, 0) is 19.6 Å². The highest BCUT2D eigenvalue weighted by molar-refractivity contribution is 7.89. The summed E-state index contributed by atoms with van der Waals surface area (Å²) in [6.07, 6.45) is 0. The molecule has 1 aromatic carbocycles. The third-order valence-corrected chi connectivity index (χ3v) is 5.31. The molecule has 0 atom stereocenters. The Bertz CT molecular complexity index is 726. The molecule has 0 aliphatic rings. The quantitative estimate of drug-likeness (QED) is 0.666. The summed E-state index contributed by atoms with van der Waals surface area (Å²) in [6.45, 7) is 3.51. The largest absolute Gasteiger partial charge is 0.452 e. The number of carbonyl (C=O) groups excluding carboxylic acids is 3. The molecule has 1 rings (SSSR count). The Labute approximate surface area is 146 Å². The monoisotopic (exact) mass is 371 g/mol. The van der Waals surface area contributed by atoms with Crippen molar-refractivity contribution >= 4 is 27.9 Å². The highest BCUT2D eigenvalue weighted by Crippen LogP contribution is 2.16. The van der Waals surface area contributed by atoms with Gasteiger partial charge in [0.2, 0.25) is 10.0 Å². The maximum atomic E-state index is 12.3. The van der Waals surface area contributed by atoms with Crippen molar-refractivity contribution in [1.82, 2.24) is 14.9 Å². The van der Waals surface area contributed by atoms with Crippen LogP contribution in [0.1, 0.15) is 24.2 Å². The number of esters is 1. The third kappa shape index (κ3) is 5.54. The summed E-state index contributed by atoms with van der Waals surface area (Å²) in [5.74, 6) is -1.59. The van der Waals surface area contributed by atoms with E-state index in [0.717, 1.165) is 0 Å². The van der Waals surface area contributed by atoms with Gasteiger partial charge in [-0.1, -0.05) is 13.8 Å². The fraction of sp³-hybridized carbons (Fsp3) is 0.400. The molecular formula is C15H21N3O6S. The van der Waals surface area contributed by atoms with Crippen molar-refractivity contribution in [3.63, 3.8) is 0 Å². The van der Waals surface area contributed by atoms with Gasteiger partial charge in [0.1, 0.15) is 0 Å². The molecule has 2 N–H and O–H groups in total. The van der Waals surface area contributed by atoms with Crippen LogP contribution in [0.25, 0.3) is 0 Å². The average molecular weight is 371 g/mol. The smallest absolute Gasteiger partial charge is 0.338 e. The standard InChI is InChI=1S/C15H21N3O6S/c1-4-18(5-2)25(22,23)12-8-6-11(7-9-12)14(20)24-10-13(19)17-15(21)16-3/h6-9H,4-5,10H2,1-3H3,(H2,16,17,19,21). The predicted molar refractivity (Wildman–Crippen MR) is 89.4 cm³/mol. The van der Waals surface area contributed by atoms with E-state index in [0.29, 0.717) is 13.1 Å². The molecule has 0 unspecified atom stereocenters. The highest BCUT2D eigenvalue weighted by Gasteiger charge is 2.22. The molecule has 138 valence electrons. The van der Waals surface area contributed by atoms with E-state index in [1.54, 1.807) is 13.8 Å². The molecule has 25 heavy (non-hydrogen) atoms. The van der Waals surface area contributed by atoms with E-state index in [2.05, 4.69) is 5.32 Å². The van der Waals surface area contributed by atoms with Gasteiger partial charge in [-0.15, -0.1) is 0 Å². The minimum atomic E-state index is -3.61.